The van der Waals surface area contributed by atoms with E-state index in [0.29, 0.717) is 5.57 Å². The van der Waals surface area contributed by atoms with E-state index in [2.05, 4.69) is 6.07 Å². The Morgan fingerprint density at radius 2 is 2.21 bits per heavy atom. The molecule has 0 N–H and O–H groups in total. The van der Waals surface area contributed by atoms with E-state index in [-0.39, 0.29) is 0 Å². The second-order valence-corrected chi connectivity index (χ2v) is 3.16. The SMILES string of the molecule is COc1ccc(/C=C(/C)C#N)c(C)c1. The topological polar surface area (TPSA) is 33.0 Å². The van der Waals surface area contributed by atoms with Crippen molar-refractivity contribution in [3.63, 3.8) is 0 Å². The Morgan fingerprint density at radius 1 is 1.50 bits per heavy atom. The Labute approximate surface area is 84.4 Å². The van der Waals surface area contributed by atoms with Crippen molar-refractivity contribution < 1.29 is 4.74 Å². The summed E-state index contributed by atoms with van der Waals surface area (Å²) >= 11 is 0. The minimum Gasteiger partial charge on any atom is -0.497 e. The molecule has 1 aromatic rings. The summed E-state index contributed by atoms with van der Waals surface area (Å²) in [5, 5.41) is 8.64. The minimum absolute atomic E-state index is 0.707. The van der Waals surface area contributed by atoms with Gasteiger partial charge in [0.2, 0.25) is 0 Å². The highest BCUT2D eigenvalue weighted by Crippen LogP contribution is 2.18. The average Bonchev–Trinajstić information content (AvgIpc) is 2.20. The van der Waals surface area contributed by atoms with Crippen molar-refractivity contribution in [1.82, 2.24) is 0 Å². The summed E-state index contributed by atoms with van der Waals surface area (Å²) < 4.78 is 5.10. The molecular weight excluding hydrogens is 174 g/mol. The first kappa shape index (κ1) is 10.3. The quantitative estimate of drug-likeness (QED) is 0.667. The van der Waals surface area contributed by atoms with Crippen molar-refractivity contribution in [1.29, 1.82) is 5.26 Å². The van der Waals surface area contributed by atoms with Crippen molar-refractivity contribution >= 4 is 6.08 Å². The summed E-state index contributed by atoms with van der Waals surface area (Å²) in [5.74, 6) is 0.842. The van der Waals surface area contributed by atoms with Crippen molar-refractivity contribution in [3.8, 4) is 11.8 Å². The second-order valence-electron chi connectivity index (χ2n) is 3.16. The molecule has 0 aliphatic rings. The molecule has 0 saturated heterocycles. The summed E-state index contributed by atoms with van der Waals surface area (Å²) in [7, 11) is 1.64. The van der Waals surface area contributed by atoms with E-state index in [1.54, 1.807) is 14.0 Å². The van der Waals surface area contributed by atoms with Crippen LogP contribution in [0.2, 0.25) is 0 Å². The molecule has 2 nitrogen and oxygen atoms in total. The summed E-state index contributed by atoms with van der Waals surface area (Å²) in [6, 6.07) is 7.90. The number of rotatable bonds is 2. The van der Waals surface area contributed by atoms with Gasteiger partial charge in [0, 0.05) is 5.57 Å². The lowest BCUT2D eigenvalue weighted by Gasteiger charge is -2.04. The molecule has 0 heterocycles. The minimum atomic E-state index is 0.707. The summed E-state index contributed by atoms with van der Waals surface area (Å²) in [6.45, 7) is 3.79. The molecule has 72 valence electrons. The fraction of sp³-hybridized carbons (Fsp3) is 0.250. The molecule has 0 spiro atoms. The van der Waals surface area contributed by atoms with Crippen LogP contribution in [0.5, 0.6) is 5.75 Å². The molecule has 1 aromatic carbocycles. The molecular formula is C12H13NO. The molecule has 0 atom stereocenters. The average molecular weight is 187 g/mol. The first-order valence-corrected chi connectivity index (χ1v) is 4.40. The maximum atomic E-state index is 8.64. The zero-order chi connectivity index (χ0) is 10.6. The molecule has 0 aliphatic heterocycles. The third kappa shape index (κ3) is 2.37. The predicted octanol–water partition coefficient (Wildman–Crippen LogP) is 2.93. The Bertz CT molecular complexity index is 399. The highest BCUT2D eigenvalue weighted by molar-refractivity contribution is 5.60. The smallest absolute Gasteiger partial charge is 0.119 e. The summed E-state index contributed by atoms with van der Waals surface area (Å²) in [6.07, 6.45) is 1.87. The molecule has 1 rings (SSSR count). The lowest BCUT2D eigenvalue weighted by molar-refractivity contribution is 0.414. The van der Waals surface area contributed by atoms with Crippen molar-refractivity contribution in [2.45, 2.75) is 13.8 Å². The van der Waals surface area contributed by atoms with Crippen molar-refractivity contribution in [2.75, 3.05) is 7.11 Å². The predicted molar refractivity (Wildman–Crippen MR) is 57.0 cm³/mol. The molecule has 0 radical (unpaired) electrons. The Kier molecular flexibility index (Phi) is 3.30. The van der Waals surface area contributed by atoms with Crippen LogP contribution in [-0.2, 0) is 0 Å². The zero-order valence-corrected chi connectivity index (χ0v) is 8.66. The number of allylic oxidation sites excluding steroid dienone is 1. The zero-order valence-electron chi connectivity index (χ0n) is 8.66. The molecule has 0 aromatic heterocycles. The second kappa shape index (κ2) is 4.48. The number of nitriles is 1. The largest absolute Gasteiger partial charge is 0.497 e. The van der Waals surface area contributed by atoms with Crippen LogP contribution in [0.4, 0.5) is 0 Å². The van der Waals surface area contributed by atoms with Gasteiger partial charge in [-0.1, -0.05) is 6.07 Å². The highest BCUT2D eigenvalue weighted by Gasteiger charge is 1.97. The molecule has 0 bridgehead atoms. The third-order valence-electron chi connectivity index (χ3n) is 2.03. The molecule has 0 saturated carbocycles. The van der Waals surface area contributed by atoms with Gasteiger partial charge in [0.05, 0.1) is 13.2 Å². The van der Waals surface area contributed by atoms with Crippen LogP contribution < -0.4 is 4.74 Å². The normalized spacial score (nSPS) is 10.9. The van der Waals surface area contributed by atoms with Crippen molar-refractivity contribution in [3.05, 3.63) is 34.9 Å². The Hall–Kier alpha value is -1.75. The van der Waals surface area contributed by atoms with Gasteiger partial charge in [-0.15, -0.1) is 0 Å². The van der Waals surface area contributed by atoms with E-state index >= 15 is 0 Å². The molecule has 0 fully saturated rings. The number of ether oxygens (including phenoxy) is 1. The van der Waals surface area contributed by atoms with Gasteiger partial charge in [0.15, 0.2) is 0 Å². The fourth-order valence-electron chi connectivity index (χ4n) is 1.20. The number of hydrogen-bond acceptors (Lipinski definition) is 2. The van der Waals surface area contributed by atoms with Crippen molar-refractivity contribution in [2.24, 2.45) is 0 Å². The van der Waals surface area contributed by atoms with Crippen LogP contribution in [0.25, 0.3) is 6.08 Å². The van der Waals surface area contributed by atoms with Crippen LogP contribution in [0.15, 0.2) is 23.8 Å². The van der Waals surface area contributed by atoms with E-state index in [4.69, 9.17) is 10.00 Å². The molecule has 0 unspecified atom stereocenters. The number of hydrogen-bond donors (Lipinski definition) is 0. The van der Waals surface area contributed by atoms with Gasteiger partial charge in [-0.05, 0) is 43.2 Å². The Balaban J connectivity index is 3.08. The maximum absolute atomic E-state index is 8.64. The van der Waals surface area contributed by atoms with Crippen LogP contribution in [0, 0.1) is 18.3 Å². The molecule has 2 heteroatoms. The highest BCUT2D eigenvalue weighted by atomic mass is 16.5. The van der Waals surface area contributed by atoms with E-state index in [0.717, 1.165) is 16.9 Å². The summed E-state index contributed by atoms with van der Waals surface area (Å²) in [5.41, 5.74) is 2.88. The standard InChI is InChI=1S/C12H13NO/c1-9(8-13)6-11-4-5-12(14-3)7-10(11)2/h4-7H,1-3H3/b9-6-. The molecule has 14 heavy (non-hydrogen) atoms. The lowest BCUT2D eigenvalue weighted by atomic mass is 10.1. The fourth-order valence-corrected chi connectivity index (χ4v) is 1.20. The van der Waals surface area contributed by atoms with E-state index in [9.17, 15) is 0 Å². The summed E-state index contributed by atoms with van der Waals surface area (Å²) in [4.78, 5) is 0. The van der Waals surface area contributed by atoms with E-state index in [1.807, 2.05) is 31.2 Å². The first-order chi connectivity index (χ1) is 6.67. The van der Waals surface area contributed by atoms with E-state index < -0.39 is 0 Å². The number of benzene rings is 1. The van der Waals surface area contributed by atoms with E-state index in [1.165, 1.54) is 0 Å². The van der Waals surface area contributed by atoms with Gasteiger partial charge in [-0.2, -0.15) is 5.26 Å². The molecule has 0 aliphatic carbocycles. The Morgan fingerprint density at radius 3 is 2.71 bits per heavy atom. The van der Waals surface area contributed by atoms with Crippen LogP contribution >= 0.6 is 0 Å². The number of nitrogens with zero attached hydrogens (tertiary/aromatic N) is 1. The number of methoxy groups -OCH3 is 1. The van der Waals surface area contributed by atoms with Crippen LogP contribution in [0.3, 0.4) is 0 Å². The van der Waals surface area contributed by atoms with Gasteiger partial charge in [-0.25, -0.2) is 0 Å². The maximum Gasteiger partial charge on any atom is 0.119 e. The van der Waals surface area contributed by atoms with Crippen LogP contribution in [-0.4, -0.2) is 7.11 Å². The third-order valence-corrected chi connectivity index (χ3v) is 2.03. The van der Waals surface area contributed by atoms with Gasteiger partial charge >= 0.3 is 0 Å². The number of aryl methyl sites for hydroxylation is 1. The van der Waals surface area contributed by atoms with Gasteiger partial charge in [0.25, 0.3) is 0 Å². The van der Waals surface area contributed by atoms with Gasteiger partial charge < -0.3 is 4.74 Å². The van der Waals surface area contributed by atoms with Gasteiger partial charge in [0.1, 0.15) is 5.75 Å². The van der Waals surface area contributed by atoms with Gasteiger partial charge in [-0.3, -0.25) is 0 Å². The lowest BCUT2D eigenvalue weighted by Crippen LogP contribution is -1.86. The van der Waals surface area contributed by atoms with Crippen LogP contribution in [0.1, 0.15) is 18.1 Å². The monoisotopic (exact) mass is 187 g/mol. The first-order valence-electron chi connectivity index (χ1n) is 4.40. The molecule has 0 amide bonds.